The third kappa shape index (κ3) is 3.91. The lowest BCUT2D eigenvalue weighted by Gasteiger charge is -2.15. The molecule has 1 aromatic heterocycles. The first-order valence-electron chi connectivity index (χ1n) is 7.27. The summed E-state index contributed by atoms with van der Waals surface area (Å²) in [6.07, 6.45) is 0. The minimum absolute atomic E-state index is 0.201. The minimum Gasteiger partial charge on any atom is -0.337 e. The van der Waals surface area contributed by atoms with Crippen LogP contribution < -0.4 is 5.32 Å². The predicted octanol–water partition coefficient (Wildman–Crippen LogP) is 4.05. The van der Waals surface area contributed by atoms with Crippen molar-refractivity contribution in [2.75, 3.05) is 12.4 Å². The highest BCUT2D eigenvalue weighted by atomic mass is 35.5. The highest BCUT2D eigenvalue weighted by Crippen LogP contribution is 2.20. The van der Waals surface area contributed by atoms with E-state index in [-0.39, 0.29) is 12.6 Å². The van der Waals surface area contributed by atoms with Crippen LogP contribution in [0.3, 0.4) is 0 Å². The molecule has 0 aliphatic carbocycles. The first-order valence-corrected chi connectivity index (χ1v) is 7.65. The maximum absolute atomic E-state index is 12.1. The molecule has 2 amide bonds. The van der Waals surface area contributed by atoms with Gasteiger partial charge in [0.2, 0.25) is 11.7 Å². The number of anilines is 1. The van der Waals surface area contributed by atoms with Crippen LogP contribution in [0.1, 0.15) is 5.89 Å². The number of benzene rings is 2. The Bertz CT molecular complexity index is 835. The van der Waals surface area contributed by atoms with E-state index in [0.29, 0.717) is 16.7 Å². The van der Waals surface area contributed by atoms with Crippen molar-refractivity contribution in [3.05, 3.63) is 65.5 Å². The Morgan fingerprint density at radius 3 is 2.75 bits per heavy atom. The van der Waals surface area contributed by atoms with Crippen molar-refractivity contribution in [2.24, 2.45) is 0 Å². The summed E-state index contributed by atoms with van der Waals surface area (Å²) in [5.74, 6) is 0.778. The molecule has 2 aromatic carbocycles. The van der Waals surface area contributed by atoms with E-state index in [0.717, 1.165) is 11.3 Å². The van der Waals surface area contributed by atoms with Crippen LogP contribution in [-0.2, 0) is 6.54 Å². The van der Waals surface area contributed by atoms with Gasteiger partial charge in [0.15, 0.2) is 0 Å². The van der Waals surface area contributed by atoms with Crippen LogP contribution in [0, 0.1) is 0 Å². The molecule has 1 N–H and O–H groups in total. The fourth-order valence-electron chi connectivity index (χ4n) is 2.08. The van der Waals surface area contributed by atoms with Crippen LogP contribution in [0.25, 0.3) is 11.4 Å². The van der Waals surface area contributed by atoms with Gasteiger partial charge in [-0.15, -0.1) is 0 Å². The third-order valence-corrected chi connectivity index (χ3v) is 3.53. The lowest BCUT2D eigenvalue weighted by molar-refractivity contribution is 0.213. The van der Waals surface area contributed by atoms with Gasteiger partial charge in [-0.3, -0.25) is 0 Å². The summed E-state index contributed by atoms with van der Waals surface area (Å²) in [7, 11) is 1.65. The number of rotatable bonds is 4. The van der Waals surface area contributed by atoms with Gasteiger partial charge in [0.1, 0.15) is 6.54 Å². The zero-order chi connectivity index (χ0) is 16.9. The number of urea groups is 1. The summed E-state index contributed by atoms with van der Waals surface area (Å²) < 4.78 is 5.20. The maximum atomic E-state index is 12.1. The van der Waals surface area contributed by atoms with Gasteiger partial charge in [0, 0.05) is 23.3 Å². The van der Waals surface area contributed by atoms with Crippen molar-refractivity contribution in [3.8, 4) is 11.4 Å². The fourth-order valence-corrected chi connectivity index (χ4v) is 2.27. The second-order valence-corrected chi connectivity index (χ2v) is 5.61. The Morgan fingerprint density at radius 2 is 2.00 bits per heavy atom. The Labute approximate surface area is 144 Å². The number of halogens is 1. The molecule has 3 rings (SSSR count). The zero-order valence-electron chi connectivity index (χ0n) is 12.9. The first kappa shape index (κ1) is 16.0. The molecular formula is C17H15ClN4O2. The summed E-state index contributed by atoms with van der Waals surface area (Å²) in [6.45, 7) is 0.201. The van der Waals surface area contributed by atoms with E-state index in [9.17, 15) is 4.79 Å². The maximum Gasteiger partial charge on any atom is 0.322 e. The number of nitrogens with one attached hydrogen (secondary N) is 1. The standard InChI is InChI=1S/C17H15ClN4O2/c1-22(17(23)19-14-8-3-2-4-9-14)11-15-20-16(21-24-15)12-6-5-7-13(18)10-12/h2-10H,11H2,1H3,(H,19,23). The van der Waals surface area contributed by atoms with Gasteiger partial charge in [-0.1, -0.05) is 47.1 Å². The number of para-hydroxylation sites is 1. The molecule has 0 unspecified atom stereocenters. The topological polar surface area (TPSA) is 71.3 Å². The summed E-state index contributed by atoms with van der Waals surface area (Å²) in [4.78, 5) is 17.9. The molecule has 0 saturated carbocycles. The Kier molecular flexibility index (Phi) is 4.77. The van der Waals surface area contributed by atoms with Crippen LogP contribution in [0.2, 0.25) is 5.02 Å². The van der Waals surface area contributed by atoms with Gasteiger partial charge >= 0.3 is 6.03 Å². The van der Waals surface area contributed by atoms with Crippen molar-refractivity contribution >= 4 is 23.3 Å². The van der Waals surface area contributed by atoms with E-state index in [1.54, 1.807) is 19.2 Å². The lowest BCUT2D eigenvalue weighted by atomic mass is 10.2. The van der Waals surface area contributed by atoms with Crippen LogP contribution in [0.5, 0.6) is 0 Å². The van der Waals surface area contributed by atoms with Crippen molar-refractivity contribution in [1.29, 1.82) is 0 Å². The molecule has 7 heteroatoms. The molecule has 0 aliphatic rings. The molecule has 122 valence electrons. The molecule has 0 saturated heterocycles. The average Bonchev–Trinajstić information content (AvgIpc) is 3.04. The molecule has 24 heavy (non-hydrogen) atoms. The molecule has 6 nitrogen and oxygen atoms in total. The molecule has 0 fully saturated rings. The van der Waals surface area contributed by atoms with Crippen LogP contribution in [0.4, 0.5) is 10.5 Å². The van der Waals surface area contributed by atoms with E-state index in [2.05, 4.69) is 15.5 Å². The Balaban J connectivity index is 1.65. The van der Waals surface area contributed by atoms with Crippen LogP contribution >= 0.6 is 11.6 Å². The van der Waals surface area contributed by atoms with Gasteiger partial charge in [-0.2, -0.15) is 4.98 Å². The van der Waals surface area contributed by atoms with E-state index in [1.165, 1.54) is 4.90 Å². The molecule has 0 radical (unpaired) electrons. The number of carbonyl (C=O) groups is 1. The highest BCUT2D eigenvalue weighted by Gasteiger charge is 2.15. The molecule has 0 aliphatic heterocycles. The normalized spacial score (nSPS) is 10.4. The van der Waals surface area contributed by atoms with E-state index >= 15 is 0 Å². The van der Waals surface area contributed by atoms with Gasteiger partial charge in [-0.05, 0) is 24.3 Å². The third-order valence-electron chi connectivity index (χ3n) is 3.30. The number of nitrogens with zero attached hydrogens (tertiary/aromatic N) is 3. The number of carbonyl (C=O) groups excluding carboxylic acids is 1. The molecule has 3 aromatic rings. The molecule has 0 atom stereocenters. The predicted molar refractivity (Wildman–Crippen MR) is 91.7 cm³/mol. The van der Waals surface area contributed by atoms with Gasteiger partial charge in [-0.25, -0.2) is 4.79 Å². The summed E-state index contributed by atoms with van der Waals surface area (Å²) in [6, 6.07) is 16.1. The second-order valence-electron chi connectivity index (χ2n) is 5.17. The zero-order valence-corrected chi connectivity index (χ0v) is 13.7. The molecule has 1 heterocycles. The SMILES string of the molecule is CN(Cc1nc(-c2cccc(Cl)c2)no1)C(=O)Nc1ccccc1. The molecular weight excluding hydrogens is 328 g/mol. The number of aromatic nitrogens is 2. The summed E-state index contributed by atoms with van der Waals surface area (Å²) >= 11 is 5.96. The lowest BCUT2D eigenvalue weighted by Crippen LogP contribution is -2.30. The van der Waals surface area contributed by atoms with Gasteiger partial charge < -0.3 is 14.7 Å². The fraction of sp³-hybridized carbons (Fsp3) is 0.118. The quantitative estimate of drug-likeness (QED) is 0.776. The van der Waals surface area contributed by atoms with Crippen LogP contribution in [-0.4, -0.2) is 28.1 Å². The first-order chi connectivity index (χ1) is 11.6. The van der Waals surface area contributed by atoms with Gasteiger partial charge in [0.05, 0.1) is 0 Å². The minimum atomic E-state index is -0.260. The van der Waals surface area contributed by atoms with Crippen molar-refractivity contribution in [3.63, 3.8) is 0 Å². The highest BCUT2D eigenvalue weighted by molar-refractivity contribution is 6.30. The number of amides is 2. The number of hydrogen-bond acceptors (Lipinski definition) is 4. The van der Waals surface area contributed by atoms with Gasteiger partial charge in [0.25, 0.3) is 0 Å². The van der Waals surface area contributed by atoms with Crippen LogP contribution in [0.15, 0.2) is 59.1 Å². The summed E-state index contributed by atoms with van der Waals surface area (Å²) in [5.41, 5.74) is 1.48. The number of hydrogen-bond donors (Lipinski definition) is 1. The summed E-state index contributed by atoms with van der Waals surface area (Å²) in [5, 5.41) is 7.30. The van der Waals surface area contributed by atoms with E-state index in [1.807, 2.05) is 42.5 Å². The van der Waals surface area contributed by atoms with Crippen molar-refractivity contribution < 1.29 is 9.32 Å². The Morgan fingerprint density at radius 1 is 1.21 bits per heavy atom. The Hall–Kier alpha value is -2.86. The smallest absolute Gasteiger partial charge is 0.322 e. The average molecular weight is 343 g/mol. The van der Waals surface area contributed by atoms with E-state index in [4.69, 9.17) is 16.1 Å². The van der Waals surface area contributed by atoms with E-state index < -0.39 is 0 Å². The van der Waals surface area contributed by atoms with Crippen molar-refractivity contribution in [1.82, 2.24) is 15.0 Å². The second kappa shape index (κ2) is 7.14. The monoisotopic (exact) mass is 342 g/mol. The molecule has 0 bridgehead atoms. The molecule has 0 spiro atoms. The largest absolute Gasteiger partial charge is 0.337 e. The van der Waals surface area contributed by atoms with Crippen molar-refractivity contribution in [2.45, 2.75) is 6.54 Å².